The molecule has 0 fully saturated rings. The third-order valence-electron chi connectivity index (χ3n) is 3.67. The van der Waals surface area contributed by atoms with Gasteiger partial charge in [-0.1, -0.05) is 25.1 Å². The number of benzene rings is 2. The van der Waals surface area contributed by atoms with E-state index in [4.69, 9.17) is 0 Å². The standard InChI is InChI=1S/C10H12OS.C10H14S/c1-7-6-9(8(2)11)4-5-10(7)12-3;1-4-9-5-6-10(11-3)8(2)7-9/h4-6H,1-3H3;5-7H,4H2,1-3H3. The minimum Gasteiger partial charge on any atom is -0.295 e. The summed E-state index contributed by atoms with van der Waals surface area (Å²) in [5, 5.41) is 0. The lowest BCUT2D eigenvalue weighted by Crippen LogP contribution is -1.92. The van der Waals surface area contributed by atoms with Gasteiger partial charge in [0.25, 0.3) is 0 Å². The molecule has 0 bridgehead atoms. The summed E-state index contributed by atoms with van der Waals surface area (Å²) in [7, 11) is 0. The first-order valence-corrected chi connectivity index (χ1v) is 10.2. The van der Waals surface area contributed by atoms with Gasteiger partial charge in [-0.05, 0) is 74.6 Å². The predicted molar refractivity (Wildman–Crippen MR) is 105 cm³/mol. The molecule has 0 saturated carbocycles. The van der Waals surface area contributed by atoms with Crippen LogP contribution in [0.5, 0.6) is 0 Å². The highest BCUT2D eigenvalue weighted by atomic mass is 32.2. The van der Waals surface area contributed by atoms with E-state index in [1.807, 2.05) is 43.1 Å². The van der Waals surface area contributed by atoms with Crippen LogP contribution < -0.4 is 0 Å². The average molecular weight is 347 g/mol. The zero-order valence-electron chi connectivity index (χ0n) is 14.9. The summed E-state index contributed by atoms with van der Waals surface area (Å²) in [4.78, 5) is 13.6. The van der Waals surface area contributed by atoms with E-state index < -0.39 is 0 Å². The summed E-state index contributed by atoms with van der Waals surface area (Å²) in [6.45, 7) is 7.98. The molecule has 0 amide bonds. The van der Waals surface area contributed by atoms with Crippen molar-refractivity contribution in [1.82, 2.24) is 0 Å². The Kier molecular flexibility index (Phi) is 8.49. The number of carbonyl (C=O) groups is 1. The van der Waals surface area contributed by atoms with E-state index in [-0.39, 0.29) is 5.78 Å². The average Bonchev–Trinajstić information content (AvgIpc) is 2.55. The Hall–Kier alpha value is -1.19. The van der Waals surface area contributed by atoms with Crippen molar-refractivity contribution in [3.63, 3.8) is 0 Å². The molecular weight excluding hydrogens is 320 g/mol. The molecule has 2 aromatic carbocycles. The van der Waals surface area contributed by atoms with Crippen LogP contribution in [0.25, 0.3) is 0 Å². The number of ketones is 1. The van der Waals surface area contributed by atoms with Crippen LogP contribution in [0.1, 0.15) is 40.9 Å². The lowest BCUT2D eigenvalue weighted by atomic mass is 10.1. The van der Waals surface area contributed by atoms with Gasteiger partial charge in [0.1, 0.15) is 0 Å². The van der Waals surface area contributed by atoms with Gasteiger partial charge >= 0.3 is 0 Å². The Labute approximate surface area is 149 Å². The molecule has 0 atom stereocenters. The first-order valence-electron chi connectivity index (χ1n) is 7.72. The third kappa shape index (κ3) is 6.08. The summed E-state index contributed by atoms with van der Waals surface area (Å²) in [6, 6.07) is 12.5. The van der Waals surface area contributed by atoms with Crippen molar-refractivity contribution in [2.45, 2.75) is 43.9 Å². The van der Waals surface area contributed by atoms with E-state index in [9.17, 15) is 4.79 Å². The van der Waals surface area contributed by atoms with Crippen LogP contribution >= 0.6 is 23.5 Å². The first-order chi connectivity index (χ1) is 10.9. The lowest BCUT2D eigenvalue weighted by Gasteiger charge is -2.03. The van der Waals surface area contributed by atoms with Crippen molar-refractivity contribution in [2.75, 3.05) is 12.5 Å². The number of hydrogen-bond donors (Lipinski definition) is 0. The fraction of sp³-hybridized carbons (Fsp3) is 0.350. The summed E-state index contributed by atoms with van der Waals surface area (Å²) >= 11 is 3.52. The molecule has 0 aliphatic rings. The zero-order valence-corrected chi connectivity index (χ0v) is 16.5. The Balaban J connectivity index is 0.000000231. The minimum absolute atomic E-state index is 0.130. The Morgan fingerprint density at radius 2 is 1.43 bits per heavy atom. The van der Waals surface area contributed by atoms with E-state index in [0.717, 1.165) is 12.0 Å². The quantitative estimate of drug-likeness (QED) is 0.485. The molecule has 0 saturated heterocycles. The molecule has 2 rings (SSSR count). The molecule has 0 unspecified atom stereocenters. The number of thioether (sulfide) groups is 2. The van der Waals surface area contributed by atoms with Crippen molar-refractivity contribution < 1.29 is 4.79 Å². The first kappa shape index (κ1) is 19.9. The van der Waals surface area contributed by atoms with Crippen LogP contribution in [0, 0.1) is 13.8 Å². The van der Waals surface area contributed by atoms with E-state index in [1.165, 1.54) is 26.5 Å². The van der Waals surface area contributed by atoms with Gasteiger partial charge in [-0.25, -0.2) is 0 Å². The van der Waals surface area contributed by atoms with Crippen LogP contribution in [0.2, 0.25) is 0 Å². The van der Waals surface area contributed by atoms with Crippen molar-refractivity contribution in [2.24, 2.45) is 0 Å². The van der Waals surface area contributed by atoms with E-state index in [1.54, 1.807) is 18.7 Å². The molecule has 0 N–H and O–H groups in total. The second kappa shape index (κ2) is 9.84. The predicted octanol–water partition coefficient (Wildman–Crippen LogP) is 6.20. The number of rotatable bonds is 4. The van der Waals surface area contributed by atoms with Crippen molar-refractivity contribution in [3.05, 3.63) is 58.7 Å². The molecule has 0 aromatic heterocycles. The molecule has 23 heavy (non-hydrogen) atoms. The monoisotopic (exact) mass is 346 g/mol. The van der Waals surface area contributed by atoms with Gasteiger partial charge in [0.05, 0.1) is 0 Å². The molecule has 1 nitrogen and oxygen atoms in total. The van der Waals surface area contributed by atoms with Crippen LogP contribution in [-0.2, 0) is 6.42 Å². The lowest BCUT2D eigenvalue weighted by molar-refractivity contribution is 0.101. The van der Waals surface area contributed by atoms with Gasteiger partial charge in [0.15, 0.2) is 5.78 Å². The molecular formula is C20H26OS2. The van der Waals surface area contributed by atoms with Crippen molar-refractivity contribution in [1.29, 1.82) is 0 Å². The summed E-state index contributed by atoms with van der Waals surface area (Å²) in [6.07, 6.45) is 5.29. The minimum atomic E-state index is 0.130. The molecule has 0 aliphatic carbocycles. The maximum Gasteiger partial charge on any atom is 0.159 e. The highest BCUT2D eigenvalue weighted by molar-refractivity contribution is 7.98. The third-order valence-corrected chi connectivity index (χ3v) is 5.46. The molecule has 2 aromatic rings. The largest absolute Gasteiger partial charge is 0.295 e. The van der Waals surface area contributed by atoms with E-state index in [2.05, 4.69) is 38.3 Å². The van der Waals surface area contributed by atoms with Gasteiger partial charge < -0.3 is 0 Å². The molecule has 0 spiro atoms. The highest BCUT2D eigenvalue weighted by Gasteiger charge is 2.01. The van der Waals surface area contributed by atoms with Gasteiger partial charge in [-0.15, -0.1) is 23.5 Å². The summed E-state index contributed by atoms with van der Waals surface area (Å²) < 4.78 is 0. The van der Waals surface area contributed by atoms with Gasteiger partial charge in [-0.2, -0.15) is 0 Å². The smallest absolute Gasteiger partial charge is 0.159 e. The summed E-state index contributed by atoms with van der Waals surface area (Å²) in [5.41, 5.74) is 4.80. The SMILES string of the molecule is CCc1ccc(SC)c(C)c1.CSc1ccc(C(C)=O)cc1C. The van der Waals surface area contributed by atoms with Crippen LogP contribution in [0.15, 0.2) is 46.2 Å². The number of carbonyl (C=O) groups excluding carboxylic acids is 1. The summed E-state index contributed by atoms with van der Waals surface area (Å²) in [5.74, 6) is 0.130. The molecule has 124 valence electrons. The highest BCUT2D eigenvalue weighted by Crippen LogP contribution is 2.21. The van der Waals surface area contributed by atoms with E-state index >= 15 is 0 Å². The maximum atomic E-state index is 11.0. The fourth-order valence-electron chi connectivity index (χ4n) is 2.26. The maximum absolute atomic E-state index is 11.0. The van der Waals surface area contributed by atoms with E-state index in [0.29, 0.717) is 0 Å². The van der Waals surface area contributed by atoms with Crippen LogP contribution in [-0.4, -0.2) is 18.3 Å². The number of Topliss-reactive ketones (excluding diaryl/α,β-unsaturated/α-hetero) is 1. The van der Waals surface area contributed by atoms with Crippen LogP contribution in [0.4, 0.5) is 0 Å². The Morgan fingerprint density at radius 3 is 1.83 bits per heavy atom. The van der Waals surface area contributed by atoms with Gasteiger partial charge in [0.2, 0.25) is 0 Å². The number of hydrogen-bond acceptors (Lipinski definition) is 3. The topological polar surface area (TPSA) is 17.1 Å². The van der Waals surface area contributed by atoms with Crippen molar-refractivity contribution >= 4 is 29.3 Å². The molecule has 3 heteroatoms. The van der Waals surface area contributed by atoms with Crippen LogP contribution in [0.3, 0.4) is 0 Å². The fourth-order valence-corrected chi connectivity index (χ4v) is 3.43. The zero-order chi connectivity index (χ0) is 17.4. The molecule has 0 aliphatic heterocycles. The normalized spacial score (nSPS) is 10.0. The Bertz CT molecular complexity index is 663. The number of aryl methyl sites for hydroxylation is 3. The van der Waals surface area contributed by atoms with Crippen molar-refractivity contribution in [3.8, 4) is 0 Å². The van der Waals surface area contributed by atoms with Gasteiger partial charge in [0, 0.05) is 15.4 Å². The second-order valence-electron chi connectivity index (χ2n) is 5.40. The molecule has 0 heterocycles. The molecule has 0 radical (unpaired) electrons. The Morgan fingerprint density at radius 1 is 0.913 bits per heavy atom. The van der Waals surface area contributed by atoms with Gasteiger partial charge in [-0.3, -0.25) is 4.79 Å². The second-order valence-corrected chi connectivity index (χ2v) is 7.09.